The zero-order chi connectivity index (χ0) is 27.2. The molecule has 1 atom stereocenters. The molecule has 0 spiro atoms. The van der Waals surface area contributed by atoms with Crippen LogP contribution in [0.1, 0.15) is 58.1 Å². The number of rotatable bonds is 6. The minimum atomic E-state index is -4.49. The molecule has 0 N–H and O–H groups in total. The first kappa shape index (κ1) is 25.8. The van der Waals surface area contributed by atoms with E-state index < -0.39 is 11.9 Å². The van der Waals surface area contributed by atoms with Crippen molar-refractivity contribution < 1.29 is 13.2 Å². The van der Waals surface area contributed by atoms with Crippen molar-refractivity contribution in [2.45, 2.75) is 38.8 Å². The molecule has 0 saturated carbocycles. The van der Waals surface area contributed by atoms with Gasteiger partial charge in [0.15, 0.2) is 0 Å². The molecule has 0 fully saturated rings. The Kier molecular flexibility index (Phi) is 6.68. The molecule has 0 saturated heterocycles. The molecule has 1 unspecified atom stereocenters. The highest BCUT2D eigenvalue weighted by atomic mass is 35.5. The van der Waals surface area contributed by atoms with Gasteiger partial charge in [-0.3, -0.25) is 14.6 Å². The SMILES string of the molecule is CCc1nc2ccc(C(c3cnnn3C)c3cnc(C)n3C)cc2c(Cl)c1Cc1ccc(C(F)(F)F)nc1. The van der Waals surface area contributed by atoms with Crippen LogP contribution >= 0.6 is 11.6 Å². The highest BCUT2D eigenvalue weighted by Gasteiger charge is 2.32. The summed E-state index contributed by atoms with van der Waals surface area (Å²) in [7, 11) is 3.81. The maximum Gasteiger partial charge on any atom is 0.433 e. The van der Waals surface area contributed by atoms with E-state index in [0.29, 0.717) is 23.4 Å². The molecule has 11 heteroatoms. The van der Waals surface area contributed by atoms with E-state index in [1.807, 2.05) is 56.9 Å². The van der Waals surface area contributed by atoms with Crippen molar-refractivity contribution >= 4 is 22.5 Å². The Morgan fingerprint density at radius 3 is 2.37 bits per heavy atom. The molecule has 4 heterocycles. The summed E-state index contributed by atoms with van der Waals surface area (Å²) in [6.45, 7) is 3.92. The number of aromatic nitrogens is 7. The first-order valence-corrected chi connectivity index (χ1v) is 12.4. The smallest absolute Gasteiger partial charge is 0.334 e. The molecule has 38 heavy (non-hydrogen) atoms. The first-order chi connectivity index (χ1) is 18.1. The van der Waals surface area contributed by atoms with Crippen LogP contribution in [0.5, 0.6) is 0 Å². The number of nitrogens with zero attached hydrogens (tertiary/aromatic N) is 7. The Morgan fingerprint density at radius 2 is 1.79 bits per heavy atom. The summed E-state index contributed by atoms with van der Waals surface area (Å²) >= 11 is 7.01. The van der Waals surface area contributed by atoms with Gasteiger partial charge in [-0.2, -0.15) is 13.2 Å². The van der Waals surface area contributed by atoms with Crippen LogP contribution in [0.2, 0.25) is 5.02 Å². The van der Waals surface area contributed by atoms with Crippen molar-refractivity contribution in [3.63, 3.8) is 0 Å². The molecular weight excluding hydrogens is 515 g/mol. The molecule has 1 aromatic carbocycles. The van der Waals surface area contributed by atoms with Gasteiger partial charge in [0.1, 0.15) is 11.5 Å². The number of aryl methyl sites for hydroxylation is 3. The summed E-state index contributed by atoms with van der Waals surface area (Å²) in [5, 5.41) is 9.50. The van der Waals surface area contributed by atoms with Crippen LogP contribution in [-0.2, 0) is 33.1 Å². The highest BCUT2D eigenvalue weighted by Crippen LogP contribution is 2.37. The number of halogens is 4. The van der Waals surface area contributed by atoms with Crippen molar-refractivity contribution in [1.29, 1.82) is 0 Å². The zero-order valence-electron chi connectivity index (χ0n) is 21.3. The van der Waals surface area contributed by atoms with E-state index in [1.165, 1.54) is 12.3 Å². The molecule has 0 aliphatic carbocycles. The van der Waals surface area contributed by atoms with Crippen molar-refractivity contribution in [3.05, 3.63) is 99.2 Å². The Morgan fingerprint density at radius 1 is 1.00 bits per heavy atom. The van der Waals surface area contributed by atoms with Gasteiger partial charge in [-0.1, -0.05) is 35.9 Å². The van der Waals surface area contributed by atoms with Gasteiger partial charge >= 0.3 is 6.18 Å². The minimum absolute atomic E-state index is 0.213. The van der Waals surface area contributed by atoms with Gasteiger partial charge in [0.2, 0.25) is 0 Å². The number of alkyl halides is 3. The van der Waals surface area contributed by atoms with Crippen LogP contribution < -0.4 is 0 Å². The molecular formula is C27H25ClF3N7. The van der Waals surface area contributed by atoms with Gasteiger partial charge in [0.05, 0.1) is 34.0 Å². The molecule has 0 radical (unpaired) electrons. The van der Waals surface area contributed by atoms with Crippen LogP contribution in [0.3, 0.4) is 0 Å². The third-order valence-corrected chi connectivity index (χ3v) is 7.32. The maximum atomic E-state index is 13.0. The fraction of sp³-hybridized carbons (Fsp3) is 0.296. The molecule has 0 aliphatic rings. The van der Waals surface area contributed by atoms with Gasteiger partial charge in [-0.15, -0.1) is 5.10 Å². The van der Waals surface area contributed by atoms with Gasteiger partial charge < -0.3 is 4.57 Å². The molecule has 7 nitrogen and oxygen atoms in total. The largest absolute Gasteiger partial charge is 0.433 e. The number of imidazole rings is 1. The lowest BCUT2D eigenvalue weighted by Gasteiger charge is -2.20. The highest BCUT2D eigenvalue weighted by molar-refractivity contribution is 6.36. The second-order valence-corrected chi connectivity index (χ2v) is 9.59. The summed E-state index contributed by atoms with van der Waals surface area (Å²) in [5.74, 6) is 0.663. The van der Waals surface area contributed by atoms with Gasteiger partial charge in [0.25, 0.3) is 0 Å². The Bertz CT molecular complexity index is 1620. The fourth-order valence-electron chi connectivity index (χ4n) is 4.72. The van der Waals surface area contributed by atoms with Crippen molar-refractivity contribution in [3.8, 4) is 0 Å². The molecule has 0 amide bonds. The Balaban J connectivity index is 1.63. The molecule has 5 rings (SSSR count). The van der Waals surface area contributed by atoms with E-state index >= 15 is 0 Å². The van der Waals surface area contributed by atoms with E-state index in [0.717, 1.165) is 51.0 Å². The Hall–Kier alpha value is -3.79. The van der Waals surface area contributed by atoms with Crippen molar-refractivity contribution in [2.75, 3.05) is 0 Å². The van der Waals surface area contributed by atoms with Crippen LogP contribution in [0.4, 0.5) is 13.2 Å². The van der Waals surface area contributed by atoms with Crippen molar-refractivity contribution in [2.24, 2.45) is 14.1 Å². The molecule has 0 aliphatic heterocycles. The molecule has 0 bridgehead atoms. The average molecular weight is 540 g/mol. The van der Waals surface area contributed by atoms with E-state index in [9.17, 15) is 13.2 Å². The normalized spacial score (nSPS) is 12.8. The minimum Gasteiger partial charge on any atom is -0.334 e. The second-order valence-electron chi connectivity index (χ2n) is 9.21. The third-order valence-electron chi connectivity index (χ3n) is 6.89. The zero-order valence-corrected chi connectivity index (χ0v) is 22.0. The molecule has 5 aromatic rings. The summed E-state index contributed by atoms with van der Waals surface area (Å²) in [4.78, 5) is 12.9. The number of benzene rings is 1. The van der Waals surface area contributed by atoms with E-state index in [2.05, 4.69) is 20.3 Å². The lowest BCUT2D eigenvalue weighted by molar-refractivity contribution is -0.141. The first-order valence-electron chi connectivity index (χ1n) is 12.0. The summed E-state index contributed by atoms with van der Waals surface area (Å²) in [6.07, 6.45) is 1.28. The van der Waals surface area contributed by atoms with Crippen LogP contribution in [-0.4, -0.2) is 34.5 Å². The van der Waals surface area contributed by atoms with Crippen molar-refractivity contribution in [1.82, 2.24) is 34.5 Å². The second kappa shape index (κ2) is 9.83. The standard InChI is InChI=1S/C27H25ClF3N7/c1-5-20-18(10-16-6-9-24(33-12-16)27(29,30)31)26(28)19-11-17(7-8-21(19)35-20)25(23-14-34-36-38(23)4)22-13-32-15(2)37(22)3/h6-9,11-14,25H,5,10H2,1-4H3. The van der Waals surface area contributed by atoms with Gasteiger partial charge in [-0.05, 0) is 48.2 Å². The quantitative estimate of drug-likeness (QED) is 0.272. The monoisotopic (exact) mass is 539 g/mol. The van der Waals surface area contributed by atoms with Gasteiger partial charge in [0, 0.05) is 44.0 Å². The topological polar surface area (TPSA) is 74.3 Å². The van der Waals surface area contributed by atoms with Crippen LogP contribution in [0.25, 0.3) is 10.9 Å². The number of hydrogen-bond acceptors (Lipinski definition) is 5. The summed E-state index contributed by atoms with van der Waals surface area (Å²) < 4.78 is 42.7. The van der Waals surface area contributed by atoms with E-state index in [-0.39, 0.29) is 5.92 Å². The molecule has 196 valence electrons. The van der Waals surface area contributed by atoms with E-state index in [1.54, 1.807) is 10.9 Å². The third kappa shape index (κ3) is 4.64. The lowest BCUT2D eigenvalue weighted by atomic mass is 9.91. The van der Waals surface area contributed by atoms with E-state index in [4.69, 9.17) is 16.6 Å². The lowest BCUT2D eigenvalue weighted by Crippen LogP contribution is -2.13. The number of hydrogen-bond donors (Lipinski definition) is 0. The average Bonchev–Trinajstić information content (AvgIpc) is 3.46. The van der Waals surface area contributed by atoms with Crippen LogP contribution in [0.15, 0.2) is 48.9 Å². The van der Waals surface area contributed by atoms with Crippen LogP contribution in [0, 0.1) is 6.92 Å². The predicted octanol–water partition coefficient (Wildman–Crippen LogP) is 5.81. The Labute approximate surface area is 222 Å². The van der Waals surface area contributed by atoms with Gasteiger partial charge in [-0.25, -0.2) is 4.98 Å². The number of pyridine rings is 2. The number of fused-ring (bicyclic) bond motifs is 1. The summed E-state index contributed by atoms with van der Waals surface area (Å²) in [6, 6.07) is 8.40. The maximum absolute atomic E-state index is 13.0. The predicted molar refractivity (Wildman–Crippen MR) is 138 cm³/mol. The molecule has 4 aromatic heterocycles. The summed E-state index contributed by atoms with van der Waals surface area (Å²) in [5.41, 5.74) is 4.83. The fourth-order valence-corrected chi connectivity index (χ4v) is 5.05.